The third kappa shape index (κ3) is 4.95. The molecule has 1 amide bonds. The Labute approximate surface area is 147 Å². The summed E-state index contributed by atoms with van der Waals surface area (Å²) in [5, 5.41) is 12.2. The highest BCUT2D eigenvalue weighted by atomic mass is 16.5. The second kappa shape index (κ2) is 8.50. The summed E-state index contributed by atoms with van der Waals surface area (Å²) >= 11 is 0. The number of carbonyl (C=O) groups is 3. The minimum atomic E-state index is -0.798. The predicted molar refractivity (Wildman–Crippen MR) is 93.0 cm³/mol. The van der Waals surface area contributed by atoms with Crippen LogP contribution in [0, 0.1) is 5.92 Å². The Balaban J connectivity index is 2.06. The maximum absolute atomic E-state index is 12.7. The van der Waals surface area contributed by atoms with Gasteiger partial charge in [0, 0.05) is 31.6 Å². The van der Waals surface area contributed by atoms with Gasteiger partial charge in [-0.05, 0) is 38.0 Å². The van der Waals surface area contributed by atoms with Gasteiger partial charge in [-0.3, -0.25) is 14.4 Å². The Morgan fingerprint density at radius 2 is 1.96 bits per heavy atom. The first-order valence-corrected chi connectivity index (χ1v) is 8.35. The van der Waals surface area contributed by atoms with Crippen molar-refractivity contribution < 1.29 is 24.2 Å². The fraction of sp³-hybridized carbons (Fsp3) is 0.500. The maximum Gasteiger partial charge on any atom is 0.306 e. The molecule has 0 atom stereocenters. The first-order chi connectivity index (χ1) is 11.9. The number of Topliss-reactive ketones (excluding diaryl/α,β-unsaturated/α-hetero) is 1. The van der Waals surface area contributed by atoms with Crippen LogP contribution in [0.25, 0.3) is 0 Å². The van der Waals surface area contributed by atoms with Gasteiger partial charge in [0.2, 0.25) is 0 Å². The van der Waals surface area contributed by atoms with Gasteiger partial charge in [0.15, 0.2) is 0 Å². The lowest BCUT2D eigenvalue weighted by molar-refractivity contribution is -0.143. The van der Waals surface area contributed by atoms with E-state index in [1.807, 2.05) is 0 Å². The highest BCUT2D eigenvalue weighted by molar-refractivity contribution is 5.95. The summed E-state index contributed by atoms with van der Waals surface area (Å²) in [7, 11) is 1.55. The minimum Gasteiger partial charge on any atom is -0.495 e. The van der Waals surface area contributed by atoms with Gasteiger partial charge >= 0.3 is 5.97 Å². The van der Waals surface area contributed by atoms with Crippen molar-refractivity contribution in [3.8, 4) is 5.75 Å². The van der Waals surface area contributed by atoms with Crippen LogP contribution in [0.1, 0.15) is 36.5 Å². The standard InChI is InChI=1S/C18H24N2O5/c1-12(21)5-8-19-15-11-14(3-4-16(15)25-2)17(22)20-9-6-13(7-10-20)18(23)24/h3-4,11,13,19H,5-10H2,1-2H3,(H,23,24). The van der Waals surface area contributed by atoms with Gasteiger partial charge < -0.3 is 20.1 Å². The number of amides is 1. The van der Waals surface area contributed by atoms with Crippen LogP contribution in [-0.2, 0) is 9.59 Å². The number of likely N-dealkylation sites (tertiary alicyclic amines) is 1. The number of methoxy groups -OCH3 is 1. The Morgan fingerprint density at radius 3 is 2.52 bits per heavy atom. The van der Waals surface area contributed by atoms with Crippen molar-refractivity contribution in [2.24, 2.45) is 5.92 Å². The third-order valence-corrected chi connectivity index (χ3v) is 4.37. The van der Waals surface area contributed by atoms with E-state index < -0.39 is 5.97 Å². The molecule has 1 aliphatic rings. The first-order valence-electron chi connectivity index (χ1n) is 8.35. The largest absolute Gasteiger partial charge is 0.495 e. The number of carboxylic acid groups (broad SMARTS) is 1. The van der Waals surface area contributed by atoms with E-state index in [0.29, 0.717) is 55.9 Å². The number of ether oxygens (including phenoxy) is 1. The summed E-state index contributed by atoms with van der Waals surface area (Å²) < 4.78 is 5.29. The zero-order valence-corrected chi connectivity index (χ0v) is 14.6. The Kier molecular flexibility index (Phi) is 6.38. The van der Waals surface area contributed by atoms with Gasteiger partial charge in [-0.2, -0.15) is 0 Å². The summed E-state index contributed by atoms with van der Waals surface area (Å²) in [6.45, 7) is 2.87. The smallest absolute Gasteiger partial charge is 0.306 e. The zero-order chi connectivity index (χ0) is 18.4. The molecule has 1 aromatic rings. The number of aliphatic carboxylic acids is 1. The molecule has 7 nitrogen and oxygen atoms in total. The molecule has 0 spiro atoms. The topological polar surface area (TPSA) is 95.9 Å². The number of carbonyl (C=O) groups excluding carboxylic acids is 2. The van der Waals surface area contributed by atoms with E-state index in [9.17, 15) is 14.4 Å². The van der Waals surface area contributed by atoms with Crippen molar-refractivity contribution in [1.29, 1.82) is 0 Å². The van der Waals surface area contributed by atoms with Crippen molar-refractivity contribution in [2.45, 2.75) is 26.2 Å². The van der Waals surface area contributed by atoms with Crippen LogP contribution in [-0.4, -0.2) is 54.4 Å². The summed E-state index contributed by atoms with van der Waals surface area (Å²) in [4.78, 5) is 36.4. The number of piperidine rings is 1. The number of rotatable bonds is 7. The fourth-order valence-corrected chi connectivity index (χ4v) is 2.86. The van der Waals surface area contributed by atoms with E-state index in [4.69, 9.17) is 9.84 Å². The van der Waals surface area contributed by atoms with Crippen molar-refractivity contribution in [3.63, 3.8) is 0 Å². The summed E-state index contributed by atoms with van der Waals surface area (Å²) in [5.41, 5.74) is 1.18. The highest BCUT2D eigenvalue weighted by Gasteiger charge is 2.27. The van der Waals surface area contributed by atoms with Crippen LogP contribution in [0.2, 0.25) is 0 Å². The van der Waals surface area contributed by atoms with Gasteiger partial charge in [-0.15, -0.1) is 0 Å². The van der Waals surface area contributed by atoms with Crippen molar-refractivity contribution in [3.05, 3.63) is 23.8 Å². The number of hydrogen-bond acceptors (Lipinski definition) is 5. The molecular formula is C18H24N2O5. The maximum atomic E-state index is 12.7. The molecule has 1 aliphatic heterocycles. The van der Waals surface area contributed by atoms with Crippen LogP contribution in [0.5, 0.6) is 5.75 Å². The molecule has 1 aromatic carbocycles. The molecule has 0 radical (unpaired) electrons. The number of benzene rings is 1. The lowest BCUT2D eigenvalue weighted by Gasteiger charge is -2.30. The number of ketones is 1. The molecule has 0 aliphatic carbocycles. The molecular weight excluding hydrogens is 324 g/mol. The Bertz CT molecular complexity index is 651. The van der Waals surface area contributed by atoms with Crippen molar-refractivity contribution in [2.75, 3.05) is 32.1 Å². The van der Waals surface area contributed by atoms with Gasteiger partial charge in [-0.25, -0.2) is 0 Å². The van der Waals surface area contributed by atoms with Crippen LogP contribution in [0.15, 0.2) is 18.2 Å². The van der Waals surface area contributed by atoms with Gasteiger partial charge in [-0.1, -0.05) is 0 Å². The average Bonchev–Trinajstić information content (AvgIpc) is 2.60. The lowest BCUT2D eigenvalue weighted by Crippen LogP contribution is -2.40. The van der Waals surface area contributed by atoms with Crippen LogP contribution in [0.4, 0.5) is 5.69 Å². The Morgan fingerprint density at radius 1 is 1.28 bits per heavy atom. The molecule has 25 heavy (non-hydrogen) atoms. The molecule has 1 heterocycles. The van der Waals surface area contributed by atoms with E-state index in [2.05, 4.69) is 5.32 Å². The lowest BCUT2D eigenvalue weighted by atomic mass is 9.96. The SMILES string of the molecule is COc1ccc(C(=O)N2CCC(C(=O)O)CC2)cc1NCCC(C)=O. The van der Waals surface area contributed by atoms with Crippen molar-refractivity contribution in [1.82, 2.24) is 4.90 Å². The average molecular weight is 348 g/mol. The normalized spacial score (nSPS) is 14.9. The van der Waals surface area contributed by atoms with Gasteiger partial charge in [0.1, 0.15) is 11.5 Å². The molecule has 7 heteroatoms. The van der Waals surface area contributed by atoms with E-state index in [1.54, 1.807) is 30.2 Å². The zero-order valence-electron chi connectivity index (χ0n) is 14.6. The highest BCUT2D eigenvalue weighted by Crippen LogP contribution is 2.27. The predicted octanol–water partition coefficient (Wildman–Crippen LogP) is 2.02. The molecule has 1 saturated heterocycles. The van der Waals surface area contributed by atoms with E-state index in [-0.39, 0.29) is 17.6 Å². The first kappa shape index (κ1) is 18.8. The summed E-state index contributed by atoms with van der Waals surface area (Å²) in [6, 6.07) is 5.12. The number of hydrogen-bond donors (Lipinski definition) is 2. The van der Waals surface area contributed by atoms with Crippen LogP contribution in [0.3, 0.4) is 0 Å². The van der Waals surface area contributed by atoms with E-state index in [1.165, 1.54) is 6.92 Å². The number of nitrogens with one attached hydrogen (secondary N) is 1. The van der Waals surface area contributed by atoms with E-state index in [0.717, 1.165) is 0 Å². The molecule has 0 bridgehead atoms. The molecule has 1 fully saturated rings. The third-order valence-electron chi connectivity index (χ3n) is 4.37. The van der Waals surface area contributed by atoms with Crippen LogP contribution >= 0.6 is 0 Å². The molecule has 0 aromatic heterocycles. The molecule has 0 saturated carbocycles. The van der Waals surface area contributed by atoms with Gasteiger partial charge in [0.05, 0.1) is 18.7 Å². The quantitative estimate of drug-likeness (QED) is 0.783. The number of nitrogens with zero attached hydrogens (tertiary/aromatic N) is 1. The monoisotopic (exact) mass is 348 g/mol. The molecule has 0 unspecified atom stereocenters. The summed E-state index contributed by atoms with van der Waals surface area (Å²) in [6.07, 6.45) is 1.34. The molecule has 2 N–H and O–H groups in total. The molecule has 136 valence electrons. The Hall–Kier alpha value is -2.57. The van der Waals surface area contributed by atoms with E-state index >= 15 is 0 Å². The summed E-state index contributed by atoms with van der Waals surface area (Å²) in [5.74, 6) is -0.608. The minimum absolute atomic E-state index is 0.0833. The fourth-order valence-electron chi connectivity index (χ4n) is 2.86. The number of anilines is 1. The second-order valence-corrected chi connectivity index (χ2v) is 6.20. The number of carboxylic acids is 1. The van der Waals surface area contributed by atoms with Crippen molar-refractivity contribution >= 4 is 23.3 Å². The second-order valence-electron chi connectivity index (χ2n) is 6.20. The van der Waals surface area contributed by atoms with Gasteiger partial charge in [0.25, 0.3) is 5.91 Å². The molecule has 2 rings (SSSR count). The van der Waals surface area contributed by atoms with Crippen LogP contribution < -0.4 is 10.1 Å².